The quantitative estimate of drug-likeness (QED) is 0.700. The lowest BCUT2D eigenvalue weighted by Gasteiger charge is -2.13. The summed E-state index contributed by atoms with van der Waals surface area (Å²) in [7, 11) is 1.57. The van der Waals surface area contributed by atoms with Crippen molar-refractivity contribution in [1.82, 2.24) is 0 Å². The van der Waals surface area contributed by atoms with E-state index in [1.807, 2.05) is 24.3 Å². The molecule has 0 saturated heterocycles. The molecule has 0 radical (unpaired) electrons. The molecule has 25 heavy (non-hydrogen) atoms. The lowest BCUT2D eigenvalue weighted by molar-refractivity contribution is -0.123. The van der Waals surface area contributed by atoms with Crippen LogP contribution in [0.1, 0.15) is 16.6 Å². The molecule has 1 N–H and O–H groups in total. The Morgan fingerprint density at radius 3 is 2.48 bits per heavy atom. The zero-order chi connectivity index (χ0) is 17.8. The van der Waals surface area contributed by atoms with Crippen LogP contribution in [-0.2, 0) is 9.53 Å². The van der Waals surface area contributed by atoms with Gasteiger partial charge in [0.15, 0.2) is 6.10 Å². The zero-order valence-corrected chi connectivity index (χ0v) is 14.6. The summed E-state index contributed by atoms with van der Waals surface area (Å²) in [5.41, 5.74) is 0.607. The van der Waals surface area contributed by atoms with E-state index in [1.54, 1.807) is 44.4 Å². The third-order valence-electron chi connectivity index (χ3n) is 3.64. The Morgan fingerprint density at radius 2 is 1.80 bits per heavy atom. The van der Waals surface area contributed by atoms with Gasteiger partial charge in [0.1, 0.15) is 10.6 Å². The number of carbonyl (C=O) groups is 2. The van der Waals surface area contributed by atoms with Crippen molar-refractivity contribution in [1.29, 1.82) is 0 Å². The number of carbonyl (C=O) groups excluding carboxylic acids is 2. The predicted molar refractivity (Wildman–Crippen MR) is 98.3 cm³/mol. The minimum atomic E-state index is -0.903. The molecule has 1 heterocycles. The number of fused-ring (bicyclic) bond motifs is 1. The van der Waals surface area contributed by atoms with Gasteiger partial charge < -0.3 is 14.8 Å². The Morgan fingerprint density at radius 1 is 1.08 bits per heavy atom. The standard InChI is InChI=1S/C19H17NO4S/c1-12(18(21)20-14-7-9-15(23-2)10-8-14)24-19(22)17-11-13-5-3-4-6-16(13)25-17/h3-12H,1-2H3,(H,20,21). The predicted octanol–water partition coefficient (Wildman–Crippen LogP) is 4.09. The van der Waals surface area contributed by atoms with Gasteiger partial charge in [-0.3, -0.25) is 4.79 Å². The van der Waals surface area contributed by atoms with Crippen LogP contribution in [0.2, 0.25) is 0 Å². The fourth-order valence-corrected chi connectivity index (χ4v) is 3.22. The second-order valence-corrected chi connectivity index (χ2v) is 6.50. The summed E-state index contributed by atoms with van der Waals surface area (Å²) in [6.07, 6.45) is -0.903. The Kier molecular flexibility index (Phi) is 5.00. The number of thiophene rings is 1. The van der Waals surface area contributed by atoms with Crippen molar-refractivity contribution in [2.45, 2.75) is 13.0 Å². The monoisotopic (exact) mass is 355 g/mol. The normalized spacial score (nSPS) is 11.8. The van der Waals surface area contributed by atoms with E-state index in [0.717, 1.165) is 10.1 Å². The third kappa shape index (κ3) is 3.97. The topological polar surface area (TPSA) is 64.6 Å². The highest BCUT2D eigenvalue weighted by molar-refractivity contribution is 7.20. The fraction of sp³-hybridized carbons (Fsp3) is 0.158. The van der Waals surface area contributed by atoms with Crippen LogP contribution in [0.25, 0.3) is 10.1 Å². The van der Waals surface area contributed by atoms with Crippen LogP contribution in [0.3, 0.4) is 0 Å². The van der Waals surface area contributed by atoms with Gasteiger partial charge in [-0.1, -0.05) is 18.2 Å². The van der Waals surface area contributed by atoms with E-state index < -0.39 is 12.1 Å². The maximum absolute atomic E-state index is 12.3. The molecule has 0 saturated carbocycles. The molecule has 0 bridgehead atoms. The summed E-state index contributed by atoms with van der Waals surface area (Å²) in [6, 6.07) is 16.4. The molecule has 1 unspecified atom stereocenters. The molecule has 1 amide bonds. The molecule has 0 fully saturated rings. The number of rotatable bonds is 5. The van der Waals surface area contributed by atoms with Gasteiger partial charge >= 0.3 is 5.97 Å². The molecule has 1 aromatic heterocycles. The van der Waals surface area contributed by atoms with E-state index in [9.17, 15) is 9.59 Å². The molecule has 0 aliphatic heterocycles. The van der Waals surface area contributed by atoms with Gasteiger partial charge in [0, 0.05) is 10.4 Å². The summed E-state index contributed by atoms with van der Waals surface area (Å²) in [4.78, 5) is 24.9. The van der Waals surface area contributed by atoms with Crippen molar-refractivity contribution < 1.29 is 19.1 Å². The van der Waals surface area contributed by atoms with Crippen LogP contribution in [0, 0.1) is 0 Å². The van der Waals surface area contributed by atoms with Gasteiger partial charge in [0.05, 0.1) is 7.11 Å². The second kappa shape index (κ2) is 7.36. The molecule has 6 heteroatoms. The average molecular weight is 355 g/mol. The zero-order valence-electron chi connectivity index (χ0n) is 13.8. The van der Waals surface area contributed by atoms with E-state index in [4.69, 9.17) is 9.47 Å². The molecule has 0 spiro atoms. The van der Waals surface area contributed by atoms with Crippen molar-refractivity contribution in [2.75, 3.05) is 12.4 Å². The molecule has 128 valence electrons. The number of hydrogen-bond donors (Lipinski definition) is 1. The fourth-order valence-electron chi connectivity index (χ4n) is 2.27. The van der Waals surface area contributed by atoms with E-state index in [-0.39, 0.29) is 5.91 Å². The van der Waals surface area contributed by atoms with Crippen molar-refractivity contribution in [3.63, 3.8) is 0 Å². The summed E-state index contributed by atoms with van der Waals surface area (Å²) >= 11 is 1.35. The molecular formula is C19H17NO4S. The molecule has 3 rings (SSSR count). The second-order valence-electron chi connectivity index (χ2n) is 5.41. The van der Waals surface area contributed by atoms with Crippen molar-refractivity contribution >= 4 is 39.0 Å². The largest absolute Gasteiger partial charge is 0.497 e. The lowest BCUT2D eigenvalue weighted by atomic mass is 10.2. The molecule has 5 nitrogen and oxygen atoms in total. The SMILES string of the molecule is COc1ccc(NC(=O)C(C)OC(=O)c2cc3ccccc3s2)cc1. The molecular weight excluding hydrogens is 338 g/mol. The number of esters is 1. The highest BCUT2D eigenvalue weighted by Gasteiger charge is 2.20. The number of amides is 1. The number of benzene rings is 2. The summed E-state index contributed by atoms with van der Waals surface area (Å²) < 4.78 is 11.4. The van der Waals surface area contributed by atoms with Gasteiger partial charge in [0.2, 0.25) is 0 Å². The van der Waals surface area contributed by atoms with Crippen molar-refractivity contribution in [3.8, 4) is 5.75 Å². The van der Waals surface area contributed by atoms with Gasteiger partial charge in [-0.05, 0) is 48.7 Å². The summed E-state index contributed by atoms with van der Waals surface area (Å²) in [5.74, 6) is -0.194. The minimum absolute atomic E-state index is 0.389. The maximum atomic E-state index is 12.3. The van der Waals surface area contributed by atoms with Crippen LogP contribution >= 0.6 is 11.3 Å². The van der Waals surface area contributed by atoms with Crippen LogP contribution in [0.15, 0.2) is 54.6 Å². The first-order valence-electron chi connectivity index (χ1n) is 7.71. The van der Waals surface area contributed by atoms with E-state index in [0.29, 0.717) is 16.3 Å². The summed E-state index contributed by atoms with van der Waals surface area (Å²) in [6.45, 7) is 1.55. The first-order valence-corrected chi connectivity index (χ1v) is 8.53. The summed E-state index contributed by atoms with van der Waals surface area (Å²) in [5, 5.41) is 3.69. The molecule has 3 aromatic rings. The van der Waals surface area contributed by atoms with Crippen LogP contribution in [0.4, 0.5) is 5.69 Å². The number of anilines is 1. The number of methoxy groups -OCH3 is 1. The molecule has 1 atom stereocenters. The van der Waals surface area contributed by atoms with Gasteiger partial charge in [-0.25, -0.2) is 4.79 Å². The van der Waals surface area contributed by atoms with Crippen LogP contribution < -0.4 is 10.1 Å². The van der Waals surface area contributed by atoms with Gasteiger partial charge in [-0.2, -0.15) is 0 Å². The van der Waals surface area contributed by atoms with Gasteiger partial charge in [-0.15, -0.1) is 11.3 Å². The molecule has 0 aliphatic rings. The van der Waals surface area contributed by atoms with Gasteiger partial charge in [0.25, 0.3) is 5.91 Å². The average Bonchev–Trinajstić information content (AvgIpc) is 3.06. The Bertz CT molecular complexity index is 868. The number of ether oxygens (including phenoxy) is 2. The van der Waals surface area contributed by atoms with Crippen LogP contribution in [0.5, 0.6) is 5.75 Å². The highest BCUT2D eigenvalue weighted by atomic mass is 32.1. The van der Waals surface area contributed by atoms with E-state index >= 15 is 0 Å². The first kappa shape index (κ1) is 17.0. The highest BCUT2D eigenvalue weighted by Crippen LogP contribution is 2.26. The van der Waals surface area contributed by atoms with Crippen LogP contribution in [-0.4, -0.2) is 25.1 Å². The Balaban J connectivity index is 1.62. The van der Waals surface area contributed by atoms with Crippen molar-refractivity contribution in [2.24, 2.45) is 0 Å². The number of hydrogen-bond acceptors (Lipinski definition) is 5. The Labute approximate surface area is 149 Å². The molecule has 2 aromatic carbocycles. The smallest absolute Gasteiger partial charge is 0.349 e. The lowest BCUT2D eigenvalue weighted by Crippen LogP contribution is -2.29. The van der Waals surface area contributed by atoms with Crippen molar-refractivity contribution in [3.05, 3.63) is 59.5 Å². The van der Waals surface area contributed by atoms with E-state index in [2.05, 4.69) is 5.32 Å². The number of nitrogens with one attached hydrogen (secondary N) is 1. The first-order chi connectivity index (χ1) is 12.1. The third-order valence-corrected chi connectivity index (χ3v) is 4.73. The molecule has 0 aliphatic carbocycles. The Hall–Kier alpha value is -2.86. The van der Waals surface area contributed by atoms with E-state index in [1.165, 1.54) is 11.3 Å². The maximum Gasteiger partial charge on any atom is 0.349 e. The minimum Gasteiger partial charge on any atom is -0.497 e.